The molecule has 0 aromatic heterocycles. The molecule has 0 fully saturated rings. The third-order valence-electron chi connectivity index (χ3n) is 5.32. The van der Waals surface area contributed by atoms with E-state index in [9.17, 15) is 5.11 Å². The number of benzene rings is 2. The number of rotatable bonds is 5. The van der Waals surface area contributed by atoms with E-state index in [0.29, 0.717) is 5.76 Å². The van der Waals surface area contributed by atoms with E-state index < -0.39 is 0 Å². The van der Waals surface area contributed by atoms with Crippen LogP contribution in [0.3, 0.4) is 0 Å². The van der Waals surface area contributed by atoms with Crippen molar-refractivity contribution in [1.29, 1.82) is 0 Å². The molecule has 134 valence electrons. The Bertz CT molecular complexity index is 852. The van der Waals surface area contributed by atoms with E-state index in [4.69, 9.17) is 0 Å². The Hall–Kier alpha value is -2.74. The monoisotopic (exact) mass is 345 g/mol. The van der Waals surface area contributed by atoms with Crippen LogP contribution in [0.4, 0.5) is 0 Å². The summed E-state index contributed by atoms with van der Waals surface area (Å²) in [6, 6.07) is 17.4. The maximum absolute atomic E-state index is 9.58. The highest BCUT2D eigenvalue weighted by molar-refractivity contribution is 5.82. The summed E-state index contributed by atoms with van der Waals surface area (Å²) in [5.41, 5.74) is 7.26. The van der Waals surface area contributed by atoms with Gasteiger partial charge >= 0.3 is 0 Å². The van der Waals surface area contributed by atoms with E-state index >= 15 is 0 Å². The smallest absolute Gasteiger partial charge is 0.0895 e. The minimum absolute atomic E-state index is 0.131. The average molecular weight is 345 g/mol. The molecule has 3 rings (SSSR count). The fraction of sp³-hybridized carbons (Fsp3) is 0.250. The summed E-state index contributed by atoms with van der Waals surface area (Å²) in [6.07, 6.45) is 7.23. The predicted molar refractivity (Wildman–Crippen MR) is 110 cm³/mol. The fourth-order valence-corrected chi connectivity index (χ4v) is 4.07. The number of fused-ring (bicyclic) bond motifs is 3. The molecule has 26 heavy (non-hydrogen) atoms. The van der Waals surface area contributed by atoms with Crippen LogP contribution in [0.15, 0.2) is 83.8 Å². The van der Waals surface area contributed by atoms with Gasteiger partial charge in [0, 0.05) is 18.2 Å². The molecule has 0 amide bonds. The normalized spacial score (nSPS) is 16.2. The Morgan fingerprint density at radius 2 is 1.54 bits per heavy atom. The van der Waals surface area contributed by atoms with Gasteiger partial charge in [0.05, 0.1) is 5.76 Å². The van der Waals surface area contributed by atoms with Crippen LogP contribution in [0.5, 0.6) is 0 Å². The molecule has 0 bridgehead atoms. The first-order valence-electron chi connectivity index (χ1n) is 9.18. The summed E-state index contributed by atoms with van der Waals surface area (Å²) in [5, 5.41) is 12.8. The Labute approximate surface area is 156 Å². The Morgan fingerprint density at radius 1 is 1.00 bits per heavy atom. The average Bonchev–Trinajstić information content (AvgIpc) is 2.93. The third kappa shape index (κ3) is 2.96. The Balaban J connectivity index is 2.17. The summed E-state index contributed by atoms with van der Waals surface area (Å²) < 4.78 is 0. The van der Waals surface area contributed by atoms with Crippen LogP contribution in [0.25, 0.3) is 11.1 Å². The van der Waals surface area contributed by atoms with Crippen LogP contribution >= 0.6 is 0 Å². The maximum atomic E-state index is 9.58. The lowest BCUT2D eigenvalue weighted by atomic mass is 9.75. The first-order valence-corrected chi connectivity index (χ1v) is 9.18. The highest BCUT2D eigenvalue weighted by Crippen LogP contribution is 2.51. The first kappa shape index (κ1) is 18.1. The lowest BCUT2D eigenvalue weighted by molar-refractivity contribution is 0.414. The van der Waals surface area contributed by atoms with E-state index in [-0.39, 0.29) is 5.41 Å². The maximum Gasteiger partial charge on any atom is 0.0895 e. The lowest BCUT2D eigenvalue weighted by Gasteiger charge is -2.27. The van der Waals surface area contributed by atoms with Gasteiger partial charge in [0.2, 0.25) is 0 Å². The van der Waals surface area contributed by atoms with E-state index in [1.807, 2.05) is 14.0 Å². The molecule has 0 aliphatic heterocycles. The molecule has 1 aliphatic rings. The second-order valence-corrected chi connectivity index (χ2v) is 6.88. The molecule has 0 atom stereocenters. The second kappa shape index (κ2) is 7.25. The van der Waals surface area contributed by atoms with Crippen LogP contribution in [-0.2, 0) is 5.41 Å². The quantitative estimate of drug-likeness (QED) is 0.524. The van der Waals surface area contributed by atoms with Crippen molar-refractivity contribution in [1.82, 2.24) is 5.32 Å². The van der Waals surface area contributed by atoms with Crippen molar-refractivity contribution < 1.29 is 5.11 Å². The van der Waals surface area contributed by atoms with Crippen LogP contribution in [0.1, 0.15) is 38.3 Å². The number of nitrogens with one attached hydrogen (secondary N) is 1. The minimum Gasteiger partial charge on any atom is -0.513 e. The largest absolute Gasteiger partial charge is 0.513 e. The molecule has 0 radical (unpaired) electrons. The zero-order valence-corrected chi connectivity index (χ0v) is 16.0. The van der Waals surface area contributed by atoms with E-state index in [0.717, 1.165) is 17.7 Å². The van der Waals surface area contributed by atoms with E-state index in [1.54, 1.807) is 13.0 Å². The highest BCUT2D eigenvalue weighted by Gasteiger charge is 2.39. The van der Waals surface area contributed by atoms with E-state index in [1.165, 1.54) is 22.3 Å². The molecule has 0 heterocycles. The lowest BCUT2D eigenvalue weighted by Crippen LogP contribution is -2.21. The summed E-state index contributed by atoms with van der Waals surface area (Å²) in [4.78, 5) is 0. The van der Waals surface area contributed by atoms with Gasteiger partial charge in [0.15, 0.2) is 0 Å². The number of hydrogen-bond donors (Lipinski definition) is 2. The third-order valence-corrected chi connectivity index (χ3v) is 5.32. The van der Waals surface area contributed by atoms with Gasteiger partial charge in [-0.1, -0.05) is 61.5 Å². The van der Waals surface area contributed by atoms with Crippen LogP contribution in [-0.4, -0.2) is 12.2 Å². The van der Waals surface area contributed by atoms with Gasteiger partial charge in [0.1, 0.15) is 0 Å². The predicted octanol–water partition coefficient (Wildman–Crippen LogP) is 5.87. The van der Waals surface area contributed by atoms with Crippen molar-refractivity contribution in [3.63, 3.8) is 0 Å². The molecule has 0 saturated carbocycles. The number of allylic oxidation sites excluding steroid dienone is 5. The summed E-state index contributed by atoms with van der Waals surface area (Å²) in [6.45, 7) is 5.94. The number of aliphatic hydroxyl groups is 1. The van der Waals surface area contributed by atoms with Gasteiger partial charge in [-0.25, -0.2) is 0 Å². The van der Waals surface area contributed by atoms with Crippen molar-refractivity contribution in [2.75, 3.05) is 7.05 Å². The van der Waals surface area contributed by atoms with Gasteiger partial charge in [-0.15, -0.1) is 0 Å². The summed E-state index contributed by atoms with van der Waals surface area (Å²) in [7, 11) is 1.92. The van der Waals surface area contributed by atoms with Crippen LogP contribution in [0, 0.1) is 0 Å². The molecule has 2 heteroatoms. The van der Waals surface area contributed by atoms with Crippen molar-refractivity contribution in [2.45, 2.75) is 32.6 Å². The fourth-order valence-electron chi connectivity index (χ4n) is 4.07. The van der Waals surface area contributed by atoms with Crippen molar-refractivity contribution in [2.24, 2.45) is 0 Å². The molecular weight excluding hydrogens is 318 g/mol. The molecule has 0 unspecified atom stereocenters. The van der Waals surface area contributed by atoms with Crippen molar-refractivity contribution in [3.8, 4) is 11.1 Å². The molecule has 2 nitrogen and oxygen atoms in total. The first-order chi connectivity index (χ1) is 12.5. The molecular formula is C24H27NO. The number of likely N-dealkylation sites (N-methyl/N-ethyl adjacent to an activating group) is 1. The standard InChI is InChI=1S/C24H27NO/c1-5-24(15-14-23(25-4)17(2)16-18(3)26)21-12-8-6-10-19(21)20-11-7-9-13-22(20)24/h6-16,25-26H,5H2,1-4H3/b15-14+,18-16+,23-17+. The van der Waals surface area contributed by atoms with Crippen molar-refractivity contribution in [3.05, 3.63) is 94.9 Å². The summed E-state index contributed by atoms with van der Waals surface area (Å²) >= 11 is 0. The van der Waals surface area contributed by atoms with Gasteiger partial charge in [0.25, 0.3) is 0 Å². The molecule has 2 aromatic rings. The Morgan fingerprint density at radius 3 is 2.00 bits per heavy atom. The molecule has 2 N–H and O–H groups in total. The zero-order chi connectivity index (χ0) is 18.7. The molecule has 2 aromatic carbocycles. The highest BCUT2D eigenvalue weighted by atomic mass is 16.3. The summed E-state index contributed by atoms with van der Waals surface area (Å²) in [5.74, 6) is 0.311. The number of hydrogen-bond acceptors (Lipinski definition) is 2. The van der Waals surface area contributed by atoms with Gasteiger partial charge in [-0.05, 0) is 60.2 Å². The SMILES string of the molecule is CCC1(/C=C/C(NC)=C(C)\C=C(/C)O)c2ccccc2-c2ccccc21. The van der Waals surface area contributed by atoms with Gasteiger partial charge in [-0.3, -0.25) is 0 Å². The van der Waals surface area contributed by atoms with E-state index in [2.05, 4.69) is 72.9 Å². The molecule has 1 aliphatic carbocycles. The number of aliphatic hydroxyl groups excluding tert-OH is 1. The van der Waals surface area contributed by atoms with Crippen LogP contribution in [0.2, 0.25) is 0 Å². The topological polar surface area (TPSA) is 32.3 Å². The zero-order valence-electron chi connectivity index (χ0n) is 16.0. The van der Waals surface area contributed by atoms with Crippen molar-refractivity contribution >= 4 is 0 Å². The Kier molecular flexibility index (Phi) is 5.03. The minimum atomic E-state index is -0.131. The van der Waals surface area contributed by atoms with Gasteiger partial charge < -0.3 is 10.4 Å². The molecule has 0 saturated heterocycles. The molecule has 0 spiro atoms. The second-order valence-electron chi connectivity index (χ2n) is 6.88. The van der Waals surface area contributed by atoms with Crippen LogP contribution < -0.4 is 5.32 Å². The van der Waals surface area contributed by atoms with Gasteiger partial charge in [-0.2, -0.15) is 0 Å².